The van der Waals surface area contributed by atoms with Gasteiger partial charge >= 0.3 is 6.18 Å². The molecule has 154 valence electrons. The van der Waals surface area contributed by atoms with E-state index in [-0.39, 0.29) is 5.69 Å². The van der Waals surface area contributed by atoms with Crippen LogP contribution < -0.4 is 10.2 Å². The average Bonchev–Trinajstić information content (AvgIpc) is 3.30. The third-order valence-electron chi connectivity index (χ3n) is 4.98. The summed E-state index contributed by atoms with van der Waals surface area (Å²) < 4.78 is 38.9. The van der Waals surface area contributed by atoms with Crippen molar-refractivity contribution in [2.24, 2.45) is 0 Å². The number of aryl methyl sites for hydroxylation is 1. The number of H-pyrrole nitrogens is 1. The Kier molecular flexibility index (Phi) is 4.89. The normalized spacial score (nSPS) is 14.3. The van der Waals surface area contributed by atoms with Gasteiger partial charge in [0.1, 0.15) is 17.8 Å². The van der Waals surface area contributed by atoms with E-state index in [4.69, 9.17) is 0 Å². The quantitative estimate of drug-likeness (QED) is 0.678. The summed E-state index contributed by atoms with van der Waals surface area (Å²) in [4.78, 5) is 26.2. The van der Waals surface area contributed by atoms with Gasteiger partial charge in [-0.3, -0.25) is 9.48 Å². The fourth-order valence-electron chi connectivity index (χ4n) is 3.63. The lowest BCUT2D eigenvalue weighted by molar-refractivity contribution is -0.133. The van der Waals surface area contributed by atoms with Crippen LogP contribution in [-0.2, 0) is 19.5 Å². The highest BCUT2D eigenvalue weighted by molar-refractivity contribution is 5.94. The maximum absolute atomic E-state index is 12.5. The van der Waals surface area contributed by atoms with Gasteiger partial charge in [-0.15, -0.1) is 0 Å². The first kappa shape index (κ1) is 19.2. The van der Waals surface area contributed by atoms with Gasteiger partial charge in [0.25, 0.3) is 5.91 Å². The highest BCUT2D eigenvalue weighted by Crippen LogP contribution is 2.29. The summed E-state index contributed by atoms with van der Waals surface area (Å²) in [6.45, 7) is 3.10. The van der Waals surface area contributed by atoms with Crippen molar-refractivity contribution in [1.82, 2.24) is 30.0 Å². The van der Waals surface area contributed by atoms with Crippen molar-refractivity contribution in [2.45, 2.75) is 39.0 Å². The summed E-state index contributed by atoms with van der Waals surface area (Å²) in [5, 5.41) is 7.57. The Hall–Kier alpha value is -3.11. The summed E-state index contributed by atoms with van der Waals surface area (Å²) in [5.74, 6) is 0.156. The van der Waals surface area contributed by atoms with Crippen LogP contribution in [0.2, 0.25) is 0 Å². The van der Waals surface area contributed by atoms with E-state index in [2.05, 4.69) is 25.4 Å². The van der Waals surface area contributed by atoms with Crippen LogP contribution in [0.4, 0.5) is 19.0 Å². The molecule has 0 atom stereocenters. The van der Waals surface area contributed by atoms with E-state index in [9.17, 15) is 18.0 Å². The van der Waals surface area contributed by atoms with E-state index in [1.54, 1.807) is 10.9 Å². The van der Waals surface area contributed by atoms with Crippen LogP contribution in [0, 0.1) is 0 Å². The number of aromatic nitrogens is 5. The number of hydrogen-bond acceptors (Lipinski definition) is 5. The second-order valence-electron chi connectivity index (χ2n) is 6.82. The van der Waals surface area contributed by atoms with E-state index >= 15 is 0 Å². The summed E-state index contributed by atoms with van der Waals surface area (Å²) in [6, 6.07) is 1.89. The first-order valence-electron chi connectivity index (χ1n) is 9.34. The van der Waals surface area contributed by atoms with E-state index in [1.165, 1.54) is 6.33 Å². The van der Waals surface area contributed by atoms with Crippen molar-refractivity contribution < 1.29 is 18.0 Å². The molecule has 0 aromatic carbocycles. The second kappa shape index (κ2) is 7.37. The molecule has 3 aromatic rings. The van der Waals surface area contributed by atoms with Crippen LogP contribution in [0.1, 0.15) is 35.1 Å². The van der Waals surface area contributed by atoms with Crippen molar-refractivity contribution >= 4 is 22.8 Å². The number of amides is 1. The molecule has 4 heterocycles. The van der Waals surface area contributed by atoms with Gasteiger partial charge in [-0.25, -0.2) is 9.97 Å². The smallest absolute Gasteiger partial charge is 0.351 e. The van der Waals surface area contributed by atoms with E-state index in [1.807, 2.05) is 17.9 Å². The molecule has 0 unspecified atom stereocenters. The molecule has 0 aliphatic carbocycles. The monoisotopic (exact) mass is 407 g/mol. The minimum atomic E-state index is -4.32. The lowest BCUT2D eigenvalue weighted by Crippen LogP contribution is -2.34. The Morgan fingerprint density at radius 3 is 2.93 bits per heavy atom. The zero-order chi connectivity index (χ0) is 20.6. The molecule has 0 saturated heterocycles. The second-order valence-corrected chi connectivity index (χ2v) is 6.82. The predicted octanol–water partition coefficient (Wildman–Crippen LogP) is 2.42. The number of fused-ring (bicyclic) bond motifs is 2. The number of nitrogens with one attached hydrogen (secondary N) is 2. The molecule has 29 heavy (non-hydrogen) atoms. The molecule has 2 N–H and O–H groups in total. The molecular formula is C18H20F3N7O. The summed E-state index contributed by atoms with van der Waals surface area (Å²) in [5.41, 5.74) is 2.55. The van der Waals surface area contributed by atoms with Gasteiger partial charge in [0.2, 0.25) is 0 Å². The number of alkyl halides is 3. The minimum Gasteiger partial charge on any atom is -0.351 e. The number of halogens is 3. The van der Waals surface area contributed by atoms with Crippen LogP contribution in [0.25, 0.3) is 11.0 Å². The van der Waals surface area contributed by atoms with Crippen LogP contribution >= 0.6 is 0 Å². The lowest BCUT2D eigenvalue weighted by atomic mass is 10.0. The maximum atomic E-state index is 12.5. The number of carbonyl (C=O) groups is 1. The molecule has 1 amide bonds. The van der Waals surface area contributed by atoms with Gasteiger partial charge in [-0.05, 0) is 13.0 Å². The third-order valence-corrected chi connectivity index (χ3v) is 4.98. The van der Waals surface area contributed by atoms with Gasteiger partial charge in [-0.1, -0.05) is 0 Å². The van der Waals surface area contributed by atoms with Crippen molar-refractivity contribution in [2.75, 3.05) is 18.0 Å². The number of nitrogens with zero attached hydrogens (tertiary/aromatic N) is 5. The van der Waals surface area contributed by atoms with Gasteiger partial charge in [0.15, 0.2) is 5.69 Å². The first-order chi connectivity index (χ1) is 13.9. The number of carbonyl (C=O) groups excluding carboxylic acids is 1. The Labute approximate surface area is 164 Å². The molecule has 1 aliphatic rings. The Morgan fingerprint density at radius 1 is 1.34 bits per heavy atom. The van der Waals surface area contributed by atoms with E-state index in [0.29, 0.717) is 26.1 Å². The van der Waals surface area contributed by atoms with Gasteiger partial charge in [0.05, 0.1) is 11.8 Å². The van der Waals surface area contributed by atoms with Crippen molar-refractivity contribution in [3.05, 3.63) is 35.5 Å². The summed E-state index contributed by atoms with van der Waals surface area (Å²) >= 11 is 0. The fraction of sp³-hybridized carbons (Fsp3) is 0.444. The van der Waals surface area contributed by atoms with Gasteiger partial charge < -0.3 is 15.2 Å². The standard InChI is InChI=1S/C18H20F3N7O/c1-2-28-13-4-8-27(16-11-3-6-22-15(11)24-10-25-16)9-12(13)14(26-28)17(29)23-7-5-18(19,20)21/h3,6,10H,2,4-5,7-9H2,1H3,(H,23,29)(H,22,24,25). The molecule has 0 fully saturated rings. The lowest BCUT2D eigenvalue weighted by Gasteiger charge is -2.29. The molecular weight excluding hydrogens is 387 g/mol. The van der Waals surface area contributed by atoms with Crippen molar-refractivity contribution in [1.29, 1.82) is 0 Å². The van der Waals surface area contributed by atoms with Crippen LogP contribution in [0.15, 0.2) is 18.6 Å². The number of aromatic amines is 1. The highest BCUT2D eigenvalue weighted by atomic mass is 19.4. The molecule has 0 spiro atoms. The third kappa shape index (κ3) is 3.76. The molecule has 8 nitrogen and oxygen atoms in total. The molecule has 1 aliphatic heterocycles. The van der Waals surface area contributed by atoms with Crippen molar-refractivity contribution in [3.8, 4) is 0 Å². The van der Waals surface area contributed by atoms with Gasteiger partial charge in [0, 0.05) is 50.1 Å². The largest absolute Gasteiger partial charge is 0.390 e. The molecule has 11 heteroatoms. The molecule has 0 radical (unpaired) electrons. The van der Waals surface area contributed by atoms with Crippen LogP contribution in [-0.4, -0.2) is 49.9 Å². The maximum Gasteiger partial charge on any atom is 0.390 e. The molecule has 4 rings (SSSR count). The molecule has 3 aromatic heterocycles. The first-order valence-corrected chi connectivity index (χ1v) is 9.34. The Balaban J connectivity index is 1.60. The zero-order valence-corrected chi connectivity index (χ0v) is 15.8. The highest BCUT2D eigenvalue weighted by Gasteiger charge is 2.30. The zero-order valence-electron chi connectivity index (χ0n) is 15.8. The average molecular weight is 407 g/mol. The number of anilines is 1. The van der Waals surface area contributed by atoms with E-state index in [0.717, 1.165) is 28.1 Å². The number of rotatable bonds is 5. The van der Waals surface area contributed by atoms with Crippen molar-refractivity contribution in [3.63, 3.8) is 0 Å². The Morgan fingerprint density at radius 2 is 2.17 bits per heavy atom. The molecule has 0 saturated carbocycles. The minimum absolute atomic E-state index is 0.174. The predicted molar refractivity (Wildman–Crippen MR) is 99.5 cm³/mol. The van der Waals surface area contributed by atoms with Crippen LogP contribution in [0.3, 0.4) is 0 Å². The summed E-state index contributed by atoms with van der Waals surface area (Å²) in [6.07, 6.45) is -1.48. The number of hydrogen-bond donors (Lipinski definition) is 2. The van der Waals surface area contributed by atoms with E-state index < -0.39 is 25.0 Å². The van der Waals surface area contributed by atoms with Crippen LogP contribution in [0.5, 0.6) is 0 Å². The van der Waals surface area contributed by atoms with Gasteiger partial charge in [-0.2, -0.15) is 18.3 Å². The molecule has 0 bridgehead atoms. The topological polar surface area (TPSA) is 91.7 Å². The SMILES string of the molecule is CCn1nc(C(=O)NCCC(F)(F)F)c2c1CCN(c1ncnc3[nH]ccc13)C2. The summed E-state index contributed by atoms with van der Waals surface area (Å²) in [7, 11) is 0. The Bertz CT molecular complexity index is 1040. The fourth-order valence-corrected chi connectivity index (χ4v) is 3.63.